The molecule has 3 aliphatic rings. The maximum absolute atomic E-state index is 14.8. The van der Waals surface area contributed by atoms with Crippen molar-refractivity contribution in [3.8, 4) is 0 Å². The minimum absolute atomic E-state index is 0.0204. The van der Waals surface area contributed by atoms with Gasteiger partial charge in [0.15, 0.2) is 10.9 Å². The summed E-state index contributed by atoms with van der Waals surface area (Å²) in [4.78, 5) is 41.8. The largest absolute Gasteiger partial charge is 0.466 e. The number of Topliss-reactive ketones (excluding diaryl/α,β-unsaturated/α-hetero) is 1. The van der Waals surface area contributed by atoms with Crippen LogP contribution in [-0.4, -0.2) is 71.2 Å². The summed E-state index contributed by atoms with van der Waals surface area (Å²) in [6.07, 6.45) is 6.26. The second-order valence-corrected chi connectivity index (χ2v) is 11.4. The van der Waals surface area contributed by atoms with Crippen LogP contribution in [0.4, 0.5) is 4.39 Å². The van der Waals surface area contributed by atoms with Gasteiger partial charge in [-0.2, -0.15) is 0 Å². The molecule has 8 heteroatoms. The summed E-state index contributed by atoms with van der Waals surface area (Å²) in [6.45, 7) is 7.39. The number of esters is 1. The van der Waals surface area contributed by atoms with Crippen molar-refractivity contribution in [2.24, 2.45) is 11.8 Å². The van der Waals surface area contributed by atoms with E-state index in [1.807, 2.05) is 6.92 Å². The van der Waals surface area contributed by atoms with Crippen LogP contribution >= 0.6 is 11.8 Å². The van der Waals surface area contributed by atoms with E-state index in [0.29, 0.717) is 25.3 Å². The number of carbonyl (C=O) groups is 3. The molecule has 3 fully saturated rings. The van der Waals surface area contributed by atoms with E-state index in [0.717, 1.165) is 57.3 Å². The van der Waals surface area contributed by atoms with Gasteiger partial charge in [-0.15, -0.1) is 0 Å². The standard InChI is InChI=1S/C28H37FN2O4S/c1-3-35-28(34)21-10-14-30(15-11-21)16-12-22-18-31(17-13-25(22)36-19(2)32)26(27(33)20-8-9-20)23-6-4-5-7-24(23)29/h4-7,12,20-21,25-26H,3,8-11,13-18H2,1-2H3. The Bertz CT molecular complexity index is 988. The average molecular weight is 517 g/mol. The topological polar surface area (TPSA) is 66.9 Å². The molecule has 4 rings (SSSR count). The fourth-order valence-corrected chi connectivity index (χ4v) is 6.26. The van der Waals surface area contributed by atoms with Gasteiger partial charge in [-0.05, 0) is 63.8 Å². The quantitative estimate of drug-likeness (QED) is 0.356. The molecule has 0 N–H and O–H groups in total. The van der Waals surface area contributed by atoms with E-state index in [-0.39, 0.29) is 39.8 Å². The van der Waals surface area contributed by atoms with E-state index in [4.69, 9.17) is 4.74 Å². The third-order valence-electron chi connectivity index (χ3n) is 7.42. The summed E-state index contributed by atoms with van der Waals surface area (Å²) in [6, 6.07) is 6.01. The molecule has 2 unspecified atom stereocenters. The van der Waals surface area contributed by atoms with E-state index < -0.39 is 6.04 Å². The summed E-state index contributed by atoms with van der Waals surface area (Å²) in [5, 5.41) is 0.141. The summed E-state index contributed by atoms with van der Waals surface area (Å²) < 4.78 is 20.0. The summed E-state index contributed by atoms with van der Waals surface area (Å²) in [7, 11) is 0. The van der Waals surface area contributed by atoms with E-state index >= 15 is 0 Å². The van der Waals surface area contributed by atoms with Crippen LogP contribution in [-0.2, 0) is 19.1 Å². The molecular formula is C28H37FN2O4S. The van der Waals surface area contributed by atoms with Gasteiger partial charge in [-0.1, -0.05) is 36.0 Å². The predicted octanol–water partition coefficient (Wildman–Crippen LogP) is 4.40. The molecule has 0 amide bonds. The first-order valence-corrected chi connectivity index (χ1v) is 14.0. The van der Waals surface area contributed by atoms with Gasteiger partial charge in [0.05, 0.1) is 18.6 Å². The van der Waals surface area contributed by atoms with Gasteiger partial charge in [0.2, 0.25) is 0 Å². The van der Waals surface area contributed by atoms with Crippen molar-refractivity contribution >= 4 is 28.6 Å². The number of benzene rings is 1. The molecular weight excluding hydrogens is 479 g/mol. The second-order valence-electron chi connectivity index (χ2n) is 10.1. The Kier molecular flexibility index (Phi) is 9.36. The molecule has 2 aliphatic heterocycles. The molecule has 2 saturated heterocycles. The highest BCUT2D eigenvalue weighted by molar-refractivity contribution is 8.14. The SMILES string of the molecule is CCOC(=O)C1CCN(CC=C2CN(C(C(=O)C3CC3)c3ccccc3F)CCC2SC(C)=O)CC1. The van der Waals surface area contributed by atoms with Crippen LogP contribution in [0.3, 0.4) is 0 Å². The van der Waals surface area contributed by atoms with Crippen molar-refractivity contribution in [1.29, 1.82) is 0 Å². The van der Waals surface area contributed by atoms with Crippen LogP contribution in [0.15, 0.2) is 35.9 Å². The zero-order valence-electron chi connectivity index (χ0n) is 21.3. The van der Waals surface area contributed by atoms with E-state index in [2.05, 4.69) is 15.9 Å². The monoisotopic (exact) mass is 516 g/mol. The van der Waals surface area contributed by atoms with Crippen LogP contribution in [0.5, 0.6) is 0 Å². The Morgan fingerprint density at radius 1 is 1.08 bits per heavy atom. The van der Waals surface area contributed by atoms with Gasteiger partial charge in [-0.3, -0.25) is 24.2 Å². The fourth-order valence-electron chi connectivity index (χ4n) is 5.31. The lowest BCUT2D eigenvalue weighted by atomic mass is 9.93. The number of hydrogen-bond acceptors (Lipinski definition) is 7. The van der Waals surface area contributed by atoms with Crippen LogP contribution in [0, 0.1) is 17.7 Å². The van der Waals surface area contributed by atoms with Crippen molar-refractivity contribution in [2.75, 3.05) is 39.3 Å². The Morgan fingerprint density at radius 2 is 1.81 bits per heavy atom. The van der Waals surface area contributed by atoms with Crippen molar-refractivity contribution in [3.05, 3.63) is 47.3 Å². The third-order valence-corrected chi connectivity index (χ3v) is 8.57. The van der Waals surface area contributed by atoms with Gasteiger partial charge >= 0.3 is 5.97 Å². The van der Waals surface area contributed by atoms with Crippen molar-refractivity contribution in [2.45, 2.75) is 57.2 Å². The minimum Gasteiger partial charge on any atom is -0.466 e. The molecule has 1 aromatic rings. The zero-order valence-corrected chi connectivity index (χ0v) is 22.1. The molecule has 36 heavy (non-hydrogen) atoms. The molecule has 1 aliphatic carbocycles. The number of ketones is 1. The maximum Gasteiger partial charge on any atom is 0.309 e. The van der Waals surface area contributed by atoms with Crippen molar-refractivity contribution in [3.63, 3.8) is 0 Å². The van der Waals surface area contributed by atoms with Gasteiger partial charge in [-0.25, -0.2) is 4.39 Å². The molecule has 0 radical (unpaired) electrons. The molecule has 0 bridgehead atoms. The highest BCUT2D eigenvalue weighted by Gasteiger charge is 2.41. The maximum atomic E-state index is 14.8. The van der Waals surface area contributed by atoms with Gasteiger partial charge in [0, 0.05) is 43.3 Å². The predicted molar refractivity (Wildman–Crippen MR) is 139 cm³/mol. The Hall–Kier alpha value is -2.03. The highest BCUT2D eigenvalue weighted by atomic mass is 32.2. The average Bonchev–Trinajstić information content (AvgIpc) is 3.71. The molecule has 1 aromatic carbocycles. The number of halogens is 1. The molecule has 0 spiro atoms. The van der Waals surface area contributed by atoms with Crippen LogP contribution in [0.25, 0.3) is 0 Å². The molecule has 196 valence electrons. The minimum atomic E-state index is -0.592. The number of nitrogens with zero attached hydrogens (tertiary/aromatic N) is 2. The van der Waals surface area contributed by atoms with Gasteiger partial charge in [0.1, 0.15) is 5.82 Å². The first-order valence-electron chi connectivity index (χ1n) is 13.1. The van der Waals surface area contributed by atoms with E-state index in [1.165, 1.54) is 17.8 Å². The molecule has 0 aromatic heterocycles. The third kappa shape index (κ3) is 6.84. The molecule has 2 heterocycles. The number of thioether (sulfide) groups is 1. The lowest BCUT2D eigenvalue weighted by Crippen LogP contribution is -2.43. The lowest BCUT2D eigenvalue weighted by molar-refractivity contribution is -0.149. The second kappa shape index (κ2) is 12.5. The van der Waals surface area contributed by atoms with Crippen LogP contribution in [0.2, 0.25) is 0 Å². The number of ether oxygens (including phenoxy) is 1. The first-order chi connectivity index (χ1) is 17.4. The zero-order chi connectivity index (χ0) is 25.7. The van der Waals surface area contributed by atoms with E-state index in [9.17, 15) is 18.8 Å². The van der Waals surface area contributed by atoms with Crippen LogP contribution in [0.1, 0.15) is 57.6 Å². The van der Waals surface area contributed by atoms with Crippen molar-refractivity contribution < 1.29 is 23.5 Å². The highest BCUT2D eigenvalue weighted by Crippen LogP contribution is 2.40. The first kappa shape index (κ1) is 27.0. The number of piperidine rings is 2. The lowest BCUT2D eigenvalue weighted by Gasteiger charge is -2.39. The number of likely N-dealkylation sites (tertiary alicyclic amines) is 2. The summed E-state index contributed by atoms with van der Waals surface area (Å²) >= 11 is 1.35. The number of carbonyl (C=O) groups excluding carboxylic acids is 3. The molecule has 6 nitrogen and oxygen atoms in total. The van der Waals surface area contributed by atoms with Gasteiger partial charge < -0.3 is 4.74 Å². The van der Waals surface area contributed by atoms with E-state index in [1.54, 1.807) is 25.1 Å². The fraction of sp³-hybridized carbons (Fsp3) is 0.607. The van der Waals surface area contributed by atoms with Crippen molar-refractivity contribution in [1.82, 2.24) is 9.80 Å². The Balaban J connectivity index is 1.48. The summed E-state index contributed by atoms with van der Waals surface area (Å²) in [5.41, 5.74) is 1.58. The number of hydrogen-bond donors (Lipinski definition) is 0. The molecule has 2 atom stereocenters. The normalized spacial score (nSPS) is 24.0. The smallest absolute Gasteiger partial charge is 0.309 e. The summed E-state index contributed by atoms with van der Waals surface area (Å²) in [5.74, 6) is -0.345. The Morgan fingerprint density at radius 3 is 2.44 bits per heavy atom. The van der Waals surface area contributed by atoms with Gasteiger partial charge in [0.25, 0.3) is 0 Å². The Labute approximate surface area is 217 Å². The number of rotatable bonds is 9. The molecule has 1 saturated carbocycles. The van der Waals surface area contributed by atoms with Crippen LogP contribution < -0.4 is 0 Å².